The van der Waals surface area contributed by atoms with Gasteiger partial charge in [-0.05, 0) is 39.8 Å². The topological polar surface area (TPSA) is 64.4 Å². The first-order chi connectivity index (χ1) is 8.80. The van der Waals surface area contributed by atoms with E-state index >= 15 is 0 Å². The molecule has 0 N–H and O–H groups in total. The Morgan fingerprint density at radius 1 is 1.21 bits per heavy atom. The van der Waals surface area contributed by atoms with Gasteiger partial charge < -0.3 is 14.0 Å². The highest BCUT2D eigenvalue weighted by Gasteiger charge is 2.52. The van der Waals surface area contributed by atoms with Crippen molar-refractivity contribution in [1.29, 1.82) is 5.26 Å². The summed E-state index contributed by atoms with van der Waals surface area (Å²) in [6.45, 7) is 7.92. The maximum Gasteiger partial charge on any atom is 0.514 e. The van der Waals surface area contributed by atoms with Crippen molar-refractivity contribution < 1.29 is 14.0 Å². The standard InChI is InChI=1S/C13H17BN2O3/c1-12(2)13(3,4)19-14(18-12)10-7-6-9(8-15)11(16-10)17-5/h6-7H,1-5H3. The first-order valence-corrected chi connectivity index (χ1v) is 6.11. The average Bonchev–Trinajstić information content (AvgIpc) is 2.57. The summed E-state index contributed by atoms with van der Waals surface area (Å²) in [4.78, 5) is 4.28. The summed E-state index contributed by atoms with van der Waals surface area (Å²) in [6.07, 6.45) is 0. The minimum Gasteiger partial charge on any atom is -0.480 e. The smallest absolute Gasteiger partial charge is 0.480 e. The van der Waals surface area contributed by atoms with Gasteiger partial charge in [-0.25, -0.2) is 4.98 Å². The first kappa shape index (κ1) is 13.8. The Kier molecular flexibility index (Phi) is 3.29. The van der Waals surface area contributed by atoms with E-state index in [1.54, 1.807) is 12.1 Å². The molecule has 19 heavy (non-hydrogen) atoms. The van der Waals surface area contributed by atoms with E-state index in [1.807, 2.05) is 33.8 Å². The van der Waals surface area contributed by atoms with Crippen molar-refractivity contribution in [3.8, 4) is 11.9 Å². The summed E-state index contributed by atoms with van der Waals surface area (Å²) in [5.41, 5.74) is 0.165. The molecule has 1 aromatic rings. The zero-order valence-electron chi connectivity index (χ0n) is 11.9. The fourth-order valence-electron chi connectivity index (χ4n) is 1.79. The second kappa shape index (κ2) is 4.51. The quantitative estimate of drug-likeness (QED) is 0.749. The molecule has 0 radical (unpaired) electrons. The van der Waals surface area contributed by atoms with Crippen LogP contribution in [0, 0.1) is 11.3 Å². The Morgan fingerprint density at radius 2 is 1.79 bits per heavy atom. The van der Waals surface area contributed by atoms with Gasteiger partial charge in [-0.2, -0.15) is 5.26 Å². The van der Waals surface area contributed by atoms with E-state index in [2.05, 4.69) is 4.98 Å². The average molecular weight is 260 g/mol. The monoisotopic (exact) mass is 260 g/mol. The van der Waals surface area contributed by atoms with Crippen LogP contribution < -0.4 is 10.3 Å². The first-order valence-electron chi connectivity index (χ1n) is 6.11. The molecule has 0 spiro atoms. The minimum absolute atomic E-state index is 0.287. The molecule has 6 heteroatoms. The number of rotatable bonds is 2. The molecule has 0 amide bonds. The molecule has 0 unspecified atom stereocenters. The van der Waals surface area contributed by atoms with Crippen molar-refractivity contribution in [1.82, 2.24) is 4.98 Å². The molecular formula is C13H17BN2O3. The SMILES string of the molecule is COc1nc(B2OC(C)(C)C(C)(C)O2)ccc1C#N. The Bertz CT molecular complexity index is 521. The molecule has 5 nitrogen and oxygen atoms in total. The van der Waals surface area contributed by atoms with Gasteiger partial charge in [-0.3, -0.25) is 0 Å². The summed E-state index contributed by atoms with van der Waals surface area (Å²) in [7, 11) is 0.934. The van der Waals surface area contributed by atoms with Gasteiger partial charge in [0.2, 0.25) is 5.88 Å². The van der Waals surface area contributed by atoms with Crippen LogP contribution in [0.25, 0.3) is 0 Å². The lowest BCUT2D eigenvalue weighted by Crippen LogP contribution is -2.41. The molecule has 2 rings (SSSR count). The summed E-state index contributed by atoms with van der Waals surface area (Å²) in [5.74, 6) is 0.287. The van der Waals surface area contributed by atoms with E-state index in [9.17, 15) is 0 Å². The van der Waals surface area contributed by atoms with E-state index in [1.165, 1.54) is 7.11 Å². The molecule has 1 aliphatic heterocycles. The number of methoxy groups -OCH3 is 1. The minimum atomic E-state index is -0.549. The van der Waals surface area contributed by atoms with Gasteiger partial charge in [-0.1, -0.05) is 0 Å². The lowest BCUT2D eigenvalue weighted by molar-refractivity contribution is 0.00578. The molecule has 1 aromatic heterocycles. The maximum atomic E-state index is 8.94. The third kappa shape index (κ3) is 2.31. The van der Waals surface area contributed by atoms with E-state index in [-0.39, 0.29) is 5.88 Å². The van der Waals surface area contributed by atoms with Crippen molar-refractivity contribution in [3.05, 3.63) is 17.7 Å². The van der Waals surface area contributed by atoms with Crippen molar-refractivity contribution >= 4 is 12.7 Å². The molecule has 0 bridgehead atoms. The largest absolute Gasteiger partial charge is 0.514 e. The molecular weight excluding hydrogens is 243 g/mol. The van der Waals surface area contributed by atoms with E-state index in [4.69, 9.17) is 19.3 Å². The third-order valence-corrected chi connectivity index (χ3v) is 3.69. The molecule has 0 atom stereocenters. The van der Waals surface area contributed by atoms with Crippen molar-refractivity contribution in [2.75, 3.05) is 7.11 Å². The lowest BCUT2D eigenvalue weighted by Gasteiger charge is -2.32. The normalized spacial score (nSPS) is 20.1. The predicted octanol–water partition coefficient (Wildman–Crippen LogP) is 1.26. The van der Waals surface area contributed by atoms with Crippen LogP contribution in [0.2, 0.25) is 0 Å². The molecule has 100 valence electrons. The van der Waals surface area contributed by atoms with E-state index < -0.39 is 18.3 Å². The third-order valence-electron chi connectivity index (χ3n) is 3.69. The van der Waals surface area contributed by atoms with Gasteiger partial charge in [0.1, 0.15) is 11.6 Å². The molecule has 1 aliphatic rings. The van der Waals surface area contributed by atoms with Crippen LogP contribution in [0.3, 0.4) is 0 Å². The molecule has 0 aromatic carbocycles. The van der Waals surface area contributed by atoms with Gasteiger partial charge >= 0.3 is 7.12 Å². The predicted molar refractivity (Wildman–Crippen MR) is 71.2 cm³/mol. The summed E-state index contributed by atoms with van der Waals surface area (Å²) >= 11 is 0. The van der Waals surface area contributed by atoms with Gasteiger partial charge in [-0.15, -0.1) is 0 Å². The van der Waals surface area contributed by atoms with Crippen LogP contribution in [0.5, 0.6) is 5.88 Å². The van der Waals surface area contributed by atoms with Crippen LogP contribution in [0.1, 0.15) is 33.3 Å². The summed E-state index contributed by atoms with van der Waals surface area (Å²) < 4.78 is 16.9. The highest BCUT2D eigenvalue weighted by Crippen LogP contribution is 2.36. The Balaban J connectivity index is 2.33. The number of hydrogen-bond acceptors (Lipinski definition) is 5. The number of nitriles is 1. The highest BCUT2D eigenvalue weighted by atomic mass is 16.7. The molecule has 2 heterocycles. The molecule has 0 aliphatic carbocycles. The van der Waals surface area contributed by atoms with Crippen LogP contribution in [0.4, 0.5) is 0 Å². The van der Waals surface area contributed by atoms with Crippen LogP contribution >= 0.6 is 0 Å². The highest BCUT2D eigenvalue weighted by molar-refractivity contribution is 6.61. The second-order valence-electron chi connectivity index (χ2n) is 5.49. The molecule has 1 saturated heterocycles. The lowest BCUT2D eigenvalue weighted by atomic mass is 9.84. The van der Waals surface area contributed by atoms with Gasteiger partial charge in [0.05, 0.1) is 23.9 Å². The summed E-state index contributed by atoms with van der Waals surface area (Å²) in [6, 6.07) is 5.41. The Hall–Kier alpha value is -1.58. The zero-order chi connectivity index (χ0) is 14.3. The Morgan fingerprint density at radius 3 is 2.26 bits per heavy atom. The van der Waals surface area contributed by atoms with Crippen molar-refractivity contribution in [2.24, 2.45) is 0 Å². The van der Waals surface area contributed by atoms with E-state index in [0.29, 0.717) is 11.2 Å². The van der Waals surface area contributed by atoms with E-state index in [0.717, 1.165) is 0 Å². The maximum absolute atomic E-state index is 8.94. The van der Waals surface area contributed by atoms with Gasteiger partial charge in [0.15, 0.2) is 0 Å². The number of nitrogens with zero attached hydrogens (tertiary/aromatic N) is 2. The van der Waals surface area contributed by atoms with Gasteiger partial charge in [0.25, 0.3) is 0 Å². The van der Waals surface area contributed by atoms with Gasteiger partial charge in [0, 0.05) is 0 Å². The van der Waals surface area contributed by atoms with Crippen LogP contribution in [0.15, 0.2) is 12.1 Å². The van der Waals surface area contributed by atoms with Crippen LogP contribution in [-0.2, 0) is 9.31 Å². The van der Waals surface area contributed by atoms with Crippen molar-refractivity contribution in [3.63, 3.8) is 0 Å². The Labute approximate surface area is 113 Å². The number of hydrogen-bond donors (Lipinski definition) is 0. The number of pyridine rings is 1. The van der Waals surface area contributed by atoms with Crippen molar-refractivity contribution in [2.45, 2.75) is 38.9 Å². The molecule has 1 fully saturated rings. The number of aromatic nitrogens is 1. The fraction of sp³-hybridized carbons (Fsp3) is 0.538. The molecule has 0 saturated carbocycles. The second-order valence-corrected chi connectivity index (χ2v) is 5.49. The number of ether oxygens (including phenoxy) is 1. The summed E-state index contributed by atoms with van der Waals surface area (Å²) in [5, 5.41) is 8.94. The fourth-order valence-corrected chi connectivity index (χ4v) is 1.79. The van der Waals surface area contributed by atoms with Crippen LogP contribution in [-0.4, -0.2) is 30.4 Å². The zero-order valence-corrected chi connectivity index (χ0v) is 11.9.